The van der Waals surface area contributed by atoms with E-state index in [2.05, 4.69) is 10.9 Å². The number of para-hydroxylation sites is 1. The molecular weight excluding hydrogens is 391 g/mol. The van der Waals surface area contributed by atoms with Gasteiger partial charge < -0.3 is 9.47 Å². The molecule has 3 rings (SSSR count). The fourth-order valence-corrected chi connectivity index (χ4v) is 3.07. The molecule has 0 saturated carbocycles. The lowest BCUT2D eigenvalue weighted by Crippen LogP contribution is -2.47. The first-order valence-electron chi connectivity index (χ1n) is 8.44. The second-order valence-corrected chi connectivity index (χ2v) is 6.83. The van der Waals surface area contributed by atoms with Crippen LogP contribution in [0.4, 0.5) is 0 Å². The Kier molecular flexibility index (Phi) is 6.42. The van der Waals surface area contributed by atoms with Gasteiger partial charge in [-0.1, -0.05) is 41.4 Å². The number of nitrogens with one attached hydrogen (secondary N) is 2. The molecule has 0 spiro atoms. The molecule has 1 aliphatic heterocycles. The standard InChI is InChI=1S/C19H18Cl2N2O4/c20-13-7-8-16(14(21)11-13)26-9-3-6-18(24)22-23-19(25)17-10-12-4-1-2-5-15(12)27-17/h1-2,4-5,7-8,11,17H,3,6,9-10H2,(H,22,24)(H,23,25). The van der Waals surface area contributed by atoms with Gasteiger partial charge in [-0.05, 0) is 36.2 Å². The summed E-state index contributed by atoms with van der Waals surface area (Å²) in [6.07, 6.45) is 0.495. The van der Waals surface area contributed by atoms with Crippen LogP contribution in [0, 0.1) is 0 Å². The molecule has 1 atom stereocenters. The summed E-state index contributed by atoms with van der Waals surface area (Å²) in [4.78, 5) is 23.9. The summed E-state index contributed by atoms with van der Waals surface area (Å²) in [6.45, 7) is 0.309. The molecule has 27 heavy (non-hydrogen) atoms. The van der Waals surface area contributed by atoms with Gasteiger partial charge in [0.15, 0.2) is 6.10 Å². The third kappa shape index (κ3) is 5.28. The van der Waals surface area contributed by atoms with Gasteiger partial charge in [0.25, 0.3) is 5.91 Å². The largest absolute Gasteiger partial charge is 0.492 e. The quantitative estimate of drug-likeness (QED) is 0.567. The van der Waals surface area contributed by atoms with Gasteiger partial charge in [0.1, 0.15) is 11.5 Å². The minimum absolute atomic E-state index is 0.192. The van der Waals surface area contributed by atoms with Crippen molar-refractivity contribution in [3.05, 3.63) is 58.1 Å². The molecule has 0 aliphatic carbocycles. The number of carbonyl (C=O) groups excluding carboxylic acids is 2. The predicted molar refractivity (Wildman–Crippen MR) is 102 cm³/mol. The first-order valence-corrected chi connectivity index (χ1v) is 9.19. The number of amides is 2. The van der Waals surface area contributed by atoms with Crippen molar-refractivity contribution in [3.8, 4) is 11.5 Å². The van der Waals surface area contributed by atoms with Crippen molar-refractivity contribution < 1.29 is 19.1 Å². The van der Waals surface area contributed by atoms with E-state index in [0.29, 0.717) is 41.0 Å². The second kappa shape index (κ2) is 8.97. The van der Waals surface area contributed by atoms with Gasteiger partial charge in [0.2, 0.25) is 5.91 Å². The normalized spacial score (nSPS) is 14.8. The van der Waals surface area contributed by atoms with E-state index in [-0.39, 0.29) is 18.2 Å². The Bertz CT molecular complexity index is 819. The summed E-state index contributed by atoms with van der Waals surface area (Å²) >= 11 is 11.8. The van der Waals surface area contributed by atoms with Crippen molar-refractivity contribution in [3.63, 3.8) is 0 Å². The third-order valence-corrected chi connectivity index (χ3v) is 4.49. The van der Waals surface area contributed by atoms with Crippen molar-refractivity contribution in [2.45, 2.75) is 25.4 Å². The Morgan fingerprint density at radius 1 is 1.15 bits per heavy atom. The summed E-state index contributed by atoms with van der Waals surface area (Å²) < 4.78 is 11.1. The molecule has 0 radical (unpaired) electrons. The molecule has 1 unspecified atom stereocenters. The topological polar surface area (TPSA) is 76.7 Å². The maximum atomic E-state index is 12.1. The zero-order valence-electron chi connectivity index (χ0n) is 14.3. The smallest absolute Gasteiger partial charge is 0.279 e. The zero-order chi connectivity index (χ0) is 19.2. The number of hydrazine groups is 1. The van der Waals surface area contributed by atoms with Crippen molar-refractivity contribution in [1.82, 2.24) is 10.9 Å². The van der Waals surface area contributed by atoms with Gasteiger partial charge in [-0.15, -0.1) is 0 Å². The van der Waals surface area contributed by atoms with Gasteiger partial charge in [-0.2, -0.15) is 0 Å². The number of ether oxygens (including phenoxy) is 2. The number of fused-ring (bicyclic) bond motifs is 1. The summed E-state index contributed by atoms with van der Waals surface area (Å²) in [6, 6.07) is 12.4. The Hall–Kier alpha value is -2.44. The summed E-state index contributed by atoms with van der Waals surface area (Å²) in [7, 11) is 0. The summed E-state index contributed by atoms with van der Waals surface area (Å²) in [5.74, 6) is 0.503. The monoisotopic (exact) mass is 408 g/mol. The highest BCUT2D eigenvalue weighted by Gasteiger charge is 2.28. The minimum atomic E-state index is -0.641. The fraction of sp³-hybridized carbons (Fsp3) is 0.263. The molecule has 2 N–H and O–H groups in total. The molecule has 142 valence electrons. The van der Waals surface area contributed by atoms with Gasteiger partial charge in [0, 0.05) is 17.9 Å². The van der Waals surface area contributed by atoms with Crippen molar-refractivity contribution in [2.24, 2.45) is 0 Å². The Morgan fingerprint density at radius 3 is 2.74 bits per heavy atom. The van der Waals surface area contributed by atoms with Crippen LogP contribution in [0.25, 0.3) is 0 Å². The molecule has 8 heteroatoms. The average Bonchev–Trinajstić information content (AvgIpc) is 3.09. The van der Waals surface area contributed by atoms with Gasteiger partial charge in [0.05, 0.1) is 11.6 Å². The molecular formula is C19H18Cl2N2O4. The lowest BCUT2D eigenvalue weighted by atomic mass is 10.1. The molecule has 2 amide bonds. The molecule has 2 aromatic carbocycles. The summed E-state index contributed by atoms with van der Waals surface area (Å²) in [5.41, 5.74) is 5.75. The number of rotatable bonds is 6. The molecule has 0 fully saturated rings. The predicted octanol–water partition coefficient (Wildman–Crippen LogP) is 3.30. The first kappa shape index (κ1) is 19.3. The molecule has 0 saturated heterocycles. The highest BCUT2D eigenvalue weighted by molar-refractivity contribution is 6.35. The van der Waals surface area contributed by atoms with E-state index in [1.807, 2.05) is 24.3 Å². The maximum absolute atomic E-state index is 12.1. The van der Waals surface area contributed by atoms with E-state index in [4.69, 9.17) is 32.7 Å². The second-order valence-electron chi connectivity index (χ2n) is 5.98. The van der Waals surface area contributed by atoms with Crippen molar-refractivity contribution in [1.29, 1.82) is 0 Å². The Labute approximate surface area is 166 Å². The van der Waals surface area contributed by atoms with E-state index in [1.54, 1.807) is 18.2 Å². The summed E-state index contributed by atoms with van der Waals surface area (Å²) in [5, 5.41) is 0.939. The third-order valence-electron chi connectivity index (χ3n) is 3.96. The van der Waals surface area contributed by atoms with Crippen LogP contribution in [0.3, 0.4) is 0 Å². The average molecular weight is 409 g/mol. The van der Waals surface area contributed by atoms with Gasteiger partial charge in [-0.25, -0.2) is 0 Å². The molecule has 6 nitrogen and oxygen atoms in total. The van der Waals surface area contributed by atoms with Gasteiger partial charge >= 0.3 is 0 Å². The van der Waals surface area contributed by atoms with Crippen LogP contribution in [-0.2, 0) is 16.0 Å². The number of hydrogen-bond acceptors (Lipinski definition) is 4. The molecule has 2 aromatic rings. The number of carbonyl (C=O) groups is 2. The Morgan fingerprint density at radius 2 is 1.96 bits per heavy atom. The minimum Gasteiger partial charge on any atom is -0.492 e. The Balaban J connectivity index is 1.33. The maximum Gasteiger partial charge on any atom is 0.279 e. The van der Waals surface area contributed by atoms with Crippen LogP contribution in [0.1, 0.15) is 18.4 Å². The highest BCUT2D eigenvalue weighted by Crippen LogP contribution is 2.28. The number of halogens is 2. The molecule has 0 bridgehead atoms. The van der Waals surface area contributed by atoms with Crippen LogP contribution >= 0.6 is 23.2 Å². The molecule has 1 aliphatic rings. The number of benzene rings is 2. The lowest BCUT2D eigenvalue weighted by molar-refractivity contribution is -0.132. The van der Waals surface area contributed by atoms with Crippen molar-refractivity contribution in [2.75, 3.05) is 6.61 Å². The molecule has 1 heterocycles. The van der Waals surface area contributed by atoms with Crippen LogP contribution in [0.15, 0.2) is 42.5 Å². The van der Waals surface area contributed by atoms with Gasteiger partial charge in [-0.3, -0.25) is 20.4 Å². The lowest BCUT2D eigenvalue weighted by Gasteiger charge is -2.12. The van der Waals surface area contributed by atoms with E-state index >= 15 is 0 Å². The first-order chi connectivity index (χ1) is 13.0. The van der Waals surface area contributed by atoms with Crippen LogP contribution in [0.5, 0.6) is 11.5 Å². The van der Waals surface area contributed by atoms with E-state index in [1.165, 1.54) is 0 Å². The number of hydrogen-bond donors (Lipinski definition) is 2. The van der Waals surface area contributed by atoms with Crippen LogP contribution in [-0.4, -0.2) is 24.5 Å². The molecule has 0 aromatic heterocycles. The van der Waals surface area contributed by atoms with E-state index < -0.39 is 6.10 Å². The van der Waals surface area contributed by atoms with E-state index in [0.717, 1.165) is 5.56 Å². The van der Waals surface area contributed by atoms with Crippen molar-refractivity contribution >= 4 is 35.0 Å². The van der Waals surface area contributed by atoms with Crippen LogP contribution < -0.4 is 20.3 Å². The SMILES string of the molecule is O=C(CCCOc1ccc(Cl)cc1Cl)NNC(=O)C1Cc2ccccc2O1. The van der Waals surface area contributed by atoms with E-state index in [9.17, 15) is 9.59 Å². The zero-order valence-corrected chi connectivity index (χ0v) is 15.8. The fourth-order valence-electron chi connectivity index (χ4n) is 2.61. The highest BCUT2D eigenvalue weighted by atomic mass is 35.5. The van der Waals surface area contributed by atoms with Crippen LogP contribution in [0.2, 0.25) is 10.0 Å².